The van der Waals surface area contributed by atoms with Crippen LogP contribution < -0.4 is 10.6 Å². The van der Waals surface area contributed by atoms with Crippen molar-refractivity contribution in [2.45, 2.75) is 57.9 Å². The molecular weight excluding hydrogens is 268 g/mol. The Bertz CT molecular complexity index is 400. The molecule has 0 saturated heterocycles. The van der Waals surface area contributed by atoms with Crippen molar-refractivity contribution in [3.05, 3.63) is 0 Å². The molecule has 118 valence electrons. The van der Waals surface area contributed by atoms with Crippen LogP contribution in [0.1, 0.15) is 51.9 Å². The van der Waals surface area contributed by atoms with Gasteiger partial charge in [0, 0.05) is 12.6 Å². The zero-order valence-electron chi connectivity index (χ0n) is 12.7. The molecule has 5 nitrogen and oxygen atoms in total. The van der Waals surface area contributed by atoms with Crippen molar-refractivity contribution in [2.75, 3.05) is 6.54 Å². The Morgan fingerprint density at radius 2 is 1.67 bits per heavy atom. The summed E-state index contributed by atoms with van der Waals surface area (Å²) in [5.41, 5.74) is 0.291. The number of carbonyl (C=O) groups is 2. The summed E-state index contributed by atoms with van der Waals surface area (Å²) in [6.45, 7) is 2.32. The molecule has 0 spiro atoms. The molecule has 4 fully saturated rings. The van der Waals surface area contributed by atoms with E-state index in [1.807, 2.05) is 0 Å². The Hall–Kier alpha value is -1.26. The molecule has 0 aromatic heterocycles. The van der Waals surface area contributed by atoms with Crippen molar-refractivity contribution in [2.24, 2.45) is 23.2 Å². The first kappa shape index (κ1) is 14.7. The molecule has 4 aliphatic carbocycles. The molecule has 1 unspecified atom stereocenters. The third kappa shape index (κ3) is 3.01. The molecule has 0 aromatic rings. The average Bonchev–Trinajstić information content (AvgIpc) is 2.36. The SMILES string of the molecule is CC(NC(=O)NCCC(=O)O)C12CC3CC(CC(C3)C1)C2. The van der Waals surface area contributed by atoms with Crippen LogP contribution in [0.3, 0.4) is 0 Å². The summed E-state index contributed by atoms with van der Waals surface area (Å²) in [7, 11) is 0. The summed E-state index contributed by atoms with van der Waals surface area (Å²) in [4.78, 5) is 22.4. The van der Waals surface area contributed by atoms with Crippen LogP contribution in [0, 0.1) is 23.2 Å². The van der Waals surface area contributed by atoms with Gasteiger partial charge in [-0.2, -0.15) is 0 Å². The molecule has 4 rings (SSSR count). The fraction of sp³-hybridized carbons (Fsp3) is 0.875. The quantitative estimate of drug-likeness (QED) is 0.728. The van der Waals surface area contributed by atoms with E-state index in [1.54, 1.807) is 0 Å². The number of amides is 2. The highest BCUT2D eigenvalue weighted by molar-refractivity contribution is 5.75. The monoisotopic (exact) mass is 294 g/mol. The van der Waals surface area contributed by atoms with Crippen LogP contribution in [0.2, 0.25) is 0 Å². The van der Waals surface area contributed by atoms with E-state index in [0.29, 0.717) is 5.41 Å². The highest BCUT2D eigenvalue weighted by Gasteiger charge is 2.53. The van der Waals surface area contributed by atoms with Gasteiger partial charge in [-0.15, -0.1) is 0 Å². The maximum absolute atomic E-state index is 11.9. The molecule has 4 bridgehead atoms. The van der Waals surface area contributed by atoms with E-state index >= 15 is 0 Å². The Kier molecular flexibility index (Phi) is 3.84. The fourth-order valence-corrected chi connectivity index (χ4v) is 5.39. The van der Waals surface area contributed by atoms with Crippen LogP contribution >= 0.6 is 0 Å². The molecule has 4 aliphatic rings. The number of aliphatic carboxylic acids is 1. The Labute approximate surface area is 125 Å². The van der Waals surface area contributed by atoms with Gasteiger partial charge < -0.3 is 15.7 Å². The summed E-state index contributed by atoms with van der Waals surface area (Å²) in [6, 6.07) is -0.0461. The first-order valence-electron chi connectivity index (χ1n) is 8.23. The number of hydrogen-bond acceptors (Lipinski definition) is 2. The van der Waals surface area contributed by atoms with E-state index in [1.165, 1.54) is 38.5 Å². The molecule has 3 N–H and O–H groups in total. The summed E-state index contributed by atoms with van der Waals surface area (Å²) in [6.07, 6.45) is 7.95. The first-order valence-corrected chi connectivity index (χ1v) is 8.23. The zero-order valence-corrected chi connectivity index (χ0v) is 12.7. The first-order chi connectivity index (χ1) is 9.97. The minimum absolute atomic E-state index is 0.0286. The molecule has 5 heteroatoms. The van der Waals surface area contributed by atoms with Gasteiger partial charge in [0.1, 0.15) is 0 Å². The van der Waals surface area contributed by atoms with Crippen molar-refractivity contribution in [3.63, 3.8) is 0 Å². The van der Waals surface area contributed by atoms with E-state index in [9.17, 15) is 9.59 Å². The number of urea groups is 1. The normalized spacial score (nSPS) is 38.0. The van der Waals surface area contributed by atoms with Gasteiger partial charge in [0.25, 0.3) is 0 Å². The molecule has 0 heterocycles. The topological polar surface area (TPSA) is 78.4 Å². The van der Waals surface area contributed by atoms with Crippen LogP contribution in [0.5, 0.6) is 0 Å². The third-order valence-corrected chi connectivity index (χ3v) is 5.98. The predicted octanol–water partition coefficient (Wildman–Crippen LogP) is 2.37. The van der Waals surface area contributed by atoms with Crippen molar-refractivity contribution in [1.82, 2.24) is 10.6 Å². The summed E-state index contributed by atoms with van der Waals surface area (Å²) >= 11 is 0. The molecule has 4 saturated carbocycles. The van der Waals surface area contributed by atoms with Gasteiger partial charge in [-0.05, 0) is 68.6 Å². The Morgan fingerprint density at radius 1 is 1.14 bits per heavy atom. The second-order valence-corrected chi connectivity index (χ2v) is 7.55. The van der Waals surface area contributed by atoms with Crippen molar-refractivity contribution < 1.29 is 14.7 Å². The summed E-state index contributed by atoms with van der Waals surface area (Å²) < 4.78 is 0. The lowest BCUT2D eigenvalue weighted by molar-refractivity contribution is -0.136. The standard InChI is InChI=1S/C16H26N2O3/c1-10(18-15(21)17-3-2-14(19)20)16-7-11-4-12(8-16)6-13(5-11)9-16/h10-13H,2-9H2,1H3,(H,19,20)(H2,17,18,21). The van der Waals surface area contributed by atoms with Gasteiger partial charge in [0.05, 0.1) is 6.42 Å². The fourth-order valence-electron chi connectivity index (χ4n) is 5.39. The van der Waals surface area contributed by atoms with Gasteiger partial charge in [0.15, 0.2) is 0 Å². The predicted molar refractivity (Wildman–Crippen MR) is 78.9 cm³/mol. The van der Waals surface area contributed by atoms with E-state index in [2.05, 4.69) is 17.6 Å². The minimum atomic E-state index is -0.885. The van der Waals surface area contributed by atoms with E-state index in [-0.39, 0.29) is 25.0 Å². The van der Waals surface area contributed by atoms with Crippen molar-refractivity contribution >= 4 is 12.0 Å². The van der Waals surface area contributed by atoms with Gasteiger partial charge in [0.2, 0.25) is 0 Å². The smallest absolute Gasteiger partial charge is 0.315 e. The van der Waals surface area contributed by atoms with E-state index in [4.69, 9.17) is 5.11 Å². The van der Waals surface area contributed by atoms with Gasteiger partial charge in [-0.3, -0.25) is 4.79 Å². The highest BCUT2D eigenvalue weighted by atomic mass is 16.4. The van der Waals surface area contributed by atoms with Crippen LogP contribution in [0.25, 0.3) is 0 Å². The number of carboxylic acids is 1. The Morgan fingerprint density at radius 3 is 2.14 bits per heavy atom. The minimum Gasteiger partial charge on any atom is -0.481 e. The van der Waals surface area contributed by atoms with Crippen LogP contribution in [-0.2, 0) is 4.79 Å². The average molecular weight is 294 g/mol. The van der Waals surface area contributed by atoms with Gasteiger partial charge in [-0.1, -0.05) is 0 Å². The van der Waals surface area contributed by atoms with Crippen molar-refractivity contribution in [3.8, 4) is 0 Å². The Balaban J connectivity index is 1.54. The third-order valence-electron chi connectivity index (χ3n) is 5.98. The maximum atomic E-state index is 11.9. The highest BCUT2D eigenvalue weighted by Crippen LogP contribution is 2.61. The van der Waals surface area contributed by atoms with Crippen LogP contribution in [-0.4, -0.2) is 29.7 Å². The van der Waals surface area contributed by atoms with E-state index < -0.39 is 5.97 Å². The second-order valence-electron chi connectivity index (χ2n) is 7.55. The summed E-state index contributed by atoms with van der Waals surface area (Å²) in [5.74, 6) is 1.73. The maximum Gasteiger partial charge on any atom is 0.315 e. The zero-order chi connectivity index (χ0) is 15.0. The number of carbonyl (C=O) groups excluding carboxylic acids is 1. The van der Waals surface area contributed by atoms with Gasteiger partial charge in [-0.25, -0.2) is 4.79 Å². The molecule has 0 aromatic carbocycles. The lowest BCUT2D eigenvalue weighted by Crippen LogP contribution is -2.57. The molecule has 1 atom stereocenters. The molecule has 0 radical (unpaired) electrons. The lowest BCUT2D eigenvalue weighted by Gasteiger charge is -2.59. The molecule has 21 heavy (non-hydrogen) atoms. The largest absolute Gasteiger partial charge is 0.481 e. The summed E-state index contributed by atoms with van der Waals surface area (Å²) in [5, 5.41) is 14.3. The lowest BCUT2D eigenvalue weighted by atomic mass is 9.48. The molecule has 2 amide bonds. The second kappa shape index (κ2) is 5.50. The molecular formula is C16H26N2O3. The number of carboxylic acid groups (broad SMARTS) is 1. The van der Waals surface area contributed by atoms with Gasteiger partial charge >= 0.3 is 12.0 Å². The van der Waals surface area contributed by atoms with Crippen molar-refractivity contribution in [1.29, 1.82) is 0 Å². The van der Waals surface area contributed by atoms with E-state index in [0.717, 1.165) is 17.8 Å². The number of nitrogens with one attached hydrogen (secondary N) is 2. The van der Waals surface area contributed by atoms with Crippen LogP contribution in [0.4, 0.5) is 4.79 Å². The van der Waals surface area contributed by atoms with Crippen LogP contribution in [0.15, 0.2) is 0 Å². The molecule has 0 aliphatic heterocycles. The number of rotatable bonds is 5. The number of hydrogen-bond donors (Lipinski definition) is 3.